The van der Waals surface area contributed by atoms with Gasteiger partial charge in [0.15, 0.2) is 0 Å². The van der Waals surface area contributed by atoms with Gasteiger partial charge in [-0.3, -0.25) is 4.79 Å². The van der Waals surface area contributed by atoms with Gasteiger partial charge in [-0.2, -0.15) is 0 Å². The van der Waals surface area contributed by atoms with Crippen molar-refractivity contribution in [3.05, 3.63) is 48.0 Å². The molecule has 5 rings (SSSR count). The molecule has 1 unspecified atom stereocenters. The standard InChI is InChI=1S/C21H26N4O/c26-21(14-6-2-1-3-7-14)25-13-10-16-18(20-22-11-12-23-20)24-17-9-5-4-8-15(17)19(16)25/h4-5,8-9,11-12,14,16,18-19,24H,1-3,6-7,10,13H2,(H,22,23)/t16-,18-,19?/m1/s1. The predicted molar refractivity (Wildman–Crippen MR) is 101 cm³/mol. The molecule has 1 aromatic carbocycles. The highest BCUT2D eigenvalue weighted by Gasteiger charge is 2.47. The summed E-state index contributed by atoms with van der Waals surface area (Å²) in [5.74, 6) is 1.95. The second kappa shape index (κ2) is 6.45. The van der Waals surface area contributed by atoms with Crippen LogP contribution in [0.5, 0.6) is 0 Å². The molecular weight excluding hydrogens is 324 g/mol. The highest BCUT2D eigenvalue weighted by molar-refractivity contribution is 5.80. The minimum atomic E-state index is 0.133. The number of benzene rings is 1. The summed E-state index contributed by atoms with van der Waals surface area (Å²) in [6.45, 7) is 0.859. The second-order valence-corrected chi connectivity index (χ2v) is 7.95. The third-order valence-electron chi connectivity index (χ3n) is 6.51. The molecule has 1 amide bonds. The molecule has 26 heavy (non-hydrogen) atoms. The highest BCUT2D eigenvalue weighted by atomic mass is 16.2. The Morgan fingerprint density at radius 2 is 1.96 bits per heavy atom. The number of rotatable bonds is 2. The topological polar surface area (TPSA) is 61.0 Å². The average molecular weight is 350 g/mol. The van der Waals surface area contributed by atoms with E-state index in [1.165, 1.54) is 24.8 Å². The summed E-state index contributed by atoms with van der Waals surface area (Å²) in [7, 11) is 0. The van der Waals surface area contributed by atoms with Gasteiger partial charge in [0.25, 0.3) is 0 Å². The molecule has 5 heteroatoms. The van der Waals surface area contributed by atoms with Crippen molar-refractivity contribution in [3.8, 4) is 0 Å². The maximum atomic E-state index is 13.3. The van der Waals surface area contributed by atoms with Crippen LogP contribution in [0.1, 0.15) is 62.0 Å². The van der Waals surface area contributed by atoms with Gasteiger partial charge in [0.05, 0.1) is 12.1 Å². The lowest BCUT2D eigenvalue weighted by atomic mass is 9.82. The molecule has 136 valence electrons. The van der Waals surface area contributed by atoms with Crippen molar-refractivity contribution in [1.82, 2.24) is 14.9 Å². The quantitative estimate of drug-likeness (QED) is 0.859. The maximum absolute atomic E-state index is 13.3. The first-order valence-corrected chi connectivity index (χ1v) is 9.98. The van der Waals surface area contributed by atoms with Crippen molar-refractivity contribution >= 4 is 11.6 Å². The first-order valence-electron chi connectivity index (χ1n) is 9.98. The first kappa shape index (κ1) is 15.9. The number of H-pyrrole nitrogens is 1. The molecule has 2 fully saturated rings. The minimum absolute atomic E-state index is 0.133. The molecule has 1 saturated heterocycles. The van der Waals surface area contributed by atoms with Gasteiger partial charge in [0.2, 0.25) is 5.91 Å². The number of aromatic amines is 1. The molecule has 1 aromatic heterocycles. The van der Waals surface area contributed by atoms with E-state index < -0.39 is 0 Å². The Morgan fingerprint density at radius 1 is 1.12 bits per heavy atom. The van der Waals surface area contributed by atoms with E-state index in [1.54, 1.807) is 0 Å². The number of anilines is 1. The van der Waals surface area contributed by atoms with Gasteiger partial charge in [0.1, 0.15) is 5.82 Å². The van der Waals surface area contributed by atoms with E-state index >= 15 is 0 Å². The van der Waals surface area contributed by atoms with Crippen LogP contribution in [0.2, 0.25) is 0 Å². The van der Waals surface area contributed by atoms with Crippen molar-refractivity contribution in [2.75, 3.05) is 11.9 Å². The monoisotopic (exact) mass is 350 g/mol. The fourth-order valence-corrected chi connectivity index (χ4v) is 5.27. The summed E-state index contributed by atoms with van der Waals surface area (Å²) in [6, 6.07) is 8.76. The van der Waals surface area contributed by atoms with Gasteiger partial charge in [-0.25, -0.2) is 4.98 Å². The van der Waals surface area contributed by atoms with E-state index in [0.29, 0.717) is 11.8 Å². The van der Waals surface area contributed by atoms with Crippen LogP contribution in [0.3, 0.4) is 0 Å². The Kier molecular flexibility index (Phi) is 3.95. The van der Waals surface area contributed by atoms with Gasteiger partial charge in [0, 0.05) is 36.5 Å². The molecule has 1 saturated carbocycles. The van der Waals surface area contributed by atoms with Crippen LogP contribution < -0.4 is 5.32 Å². The van der Waals surface area contributed by atoms with Crippen LogP contribution in [0.4, 0.5) is 5.69 Å². The number of carbonyl (C=O) groups excluding carboxylic acids is 1. The molecule has 1 aliphatic carbocycles. The summed E-state index contributed by atoms with van der Waals surface area (Å²) in [6.07, 6.45) is 10.5. The predicted octanol–water partition coefficient (Wildman–Crippen LogP) is 4.05. The summed E-state index contributed by atoms with van der Waals surface area (Å²) in [4.78, 5) is 23.3. The van der Waals surface area contributed by atoms with Crippen LogP contribution in [-0.4, -0.2) is 27.3 Å². The van der Waals surface area contributed by atoms with Crippen molar-refractivity contribution in [1.29, 1.82) is 0 Å². The van der Waals surface area contributed by atoms with E-state index in [2.05, 4.69) is 44.5 Å². The smallest absolute Gasteiger partial charge is 0.226 e. The number of fused-ring (bicyclic) bond motifs is 3. The van der Waals surface area contributed by atoms with Gasteiger partial charge >= 0.3 is 0 Å². The summed E-state index contributed by atoms with van der Waals surface area (Å²) in [5, 5.41) is 3.68. The van der Waals surface area contributed by atoms with Crippen LogP contribution in [0, 0.1) is 11.8 Å². The summed E-state index contributed by atoms with van der Waals surface area (Å²) in [5.41, 5.74) is 2.40. The molecule has 0 spiro atoms. The zero-order valence-electron chi connectivity index (χ0n) is 15.0. The van der Waals surface area contributed by atoms with E-state index in [9.17, 15) is 4.79 Å². The fourth-order valence-electron chi connectivity index (χ4n) is 5.27. The molecule has 5 nitrogen and oxygen atoms in total. The Labute approximate surface area is 154 Å². The molecular formula is C21H26N4O. The van der Waals surface area contributed by atoms with E-state index in [4.69, 9.17) is 0 Å². The van der Waals surface area contributed by atoms with E-state index in [-0.39, 0.29) is 18.0 Å². The van der Waals surface area contributed by atoms with Crippen LogP contribution in [-0.2, 0) is 4.79 Å². The van der Waals surface area contributed by atoms with E-state index in [1.807, 2.05) is 12.4 Å². The number of nitrogens with one attached hydrogen (secondary N) is 2. The molecule has 0 bridgehead atoms. The maximum Gasteiger partial charge on any atom is 0.226 e. The van der Waals surface area contributed by atoms with E-state index in [0.717, 1.165) is 37.3 Å². The number of hydrogen-bond acceptors (Lipinski definition) is 3. The number of aromatic nitrogens is 2. The third-order valence-corrected chi connectivity index (χ3v) is 6.51. The summed E-state index contributed by atoms with van der Waals surface area (Å²) >= 11 is 0. The molecule has 3 aliphatic rings. The normalized spacial score (nSPS) is 28.3. The lowest BCUT2D eigenvalue weighted by Crippen LogP contribution is -2.40. The zero-order valence-corrected chi connectivity index (χ0v) is 15.0. The molecule has 0 radical (unpaired) electrons. The molecule has 2 aliphatic heterocycles. The number of amides is 1. The fraction of sp³-hybridized carbons (Fsp3) is 0.524. The second-order valence-electron chi connectivity index (χ2n) is 7.95. The lowest BCUT2D eigenvalue weighted by Gasteiger charge is -2.40. The Balaban J connectivity index is 1.50. The van der Waals surface area contributed by atoms with Crippen molar-refractivity contribution in [2.45, 2.75) is 50.6 Å². The van der Waals surface area contributed by atoms with Crippen molar-refractivity contribution in [3.63, 3.8) is 0 Å². The van der Waals surface area contributed by atoms with Gasteiger partial charge in [-0.05, 0) is 30.9 Å². The highest BCUT2D eigenvalue weighted by Crippen LogP contribution is 2.51. The number of para-hydroxylation sites is 1. The summed E-state index contributed by atoms with van der Waals surface area (Å²) < 4.78 is 0. The molecule has 2 aromatic rings. The van der Waals surface area contributed by atoms with Crippen molar-refractivity contribution < 1.29 is 4.79 Å². The number of hydrogen-bond donors (Lipinski definition) is 2. The first-order chi connectivity index (χ1) is 12.8. The SMILES string of the molecule is O=C(C1CCCCC1)N1CC[C@H]2C1c1ccccc1N[C@H]2c1ncc[nH]1. The van der Waals surface area contributed by atoms with Gasteiger partial charge < -0.3 is 15.2 Å². The Hall–Kier alpha value is -2.30. The Morgan fingerprint density at radius 3 is 2.77 bits per heavy atom. The van der Waals surface area contributed by atoms with Gasteiger partial charge in [-0.15, -0.1) is 0 Å². The number of likely N-dealkylation sites (tertiary alicyclic amines) is 1. The van der Waals surface area contributed by atoms with Crippen LogP contribution >= 0.6 is 0 Å². The minimum Gasteiger partial charge on any atom is -0.375 e. The zero-order chi connectivity index (χ0) is 17.5. The molecule has 3 heterocycles. The third kappa shape index (κ3) is 2.52. The van der Waals surface area contributed by atoms with Crippen LogP contribution in [0.25, 0.3) is 0 Å². The molecule has 3 atom stereocenters. The number of imidazole rings is 1. The number of nitrogens with zero attached hydrogens (tertiary/aromatic N) is 2. The van der Waals surface area contributed by atoms with Gasteiger partial charge in [-0.1, -0.05) is 37.5 Å². The molecule has 2 N–H and O–H groups in total. The van der Waals surface area contributed by atoms with Crippen LogP contribution in [0.15, 0.2) is 36.7 Å². The Bertz CT molecular complexity index is 781. The largest absolute Gasteiger partial charge is 0.375 e. The lowest BCUT2D eigenvalue weighted by molar-refractivity contribution is -0.138. The number of carbonyl (C=O) groups is 1. The average Bonchev–Trinajstić information content (AvgIpc) is 3.38. The van der Waals surface area contributed by atoms with Crippen molar-refractivity contribution in [2.24, 2.45) is 11.8 Å².